The standard InChI is InChI=1S/C22H29FN4O6/c1-16-13-24(6-7-26(16)22(30)33-27-20(28)4-5-21(27)29)14-17-2-3-18(12-19(17)32-15-23)25-8-10-31-11-9-25/h2-3,12,16H,4-11,13-15H2,1H3/t16-/m1/s1. The van der Waals surface area contributed by atoms with Gasteiger partial charge in [0.25, 0.3) is 11.8 Å². The number of alkyl halides is 1. The van der Waals surface area contributed by atoms with Gasteiger partial charge >= 0.3 is 6.09 Å². The lowest BCUT2D eigenvalue weighted by Gasteiger charge is -2.39. The molecule has 0 radical (unpaired) electrons. The van der Waals surface area contributed by atoms with E-state index in [-0.39, 0.29) is 18.9 Å². The van der Waals surface area contributed by atoms with Gasteiger partial charge in [-0.3, -0.25) is 14.5 Å². The number of imide groups is 1. The second-order valence-electron chi connectivity index (χ2n) is 8.36. The summed E-state index contributed by atoms with van der Waals surface area (Å²) in [7, 11) is 0. The Labute approximate surface area is 191 Å². The van der Waals surface area contributed by atoms with Gasteiger partial charge in [-0.2, -0.15) is 0 Å². The number of carbonyl (C=O) groups excluding carboxylic acids is 3. The van der Waals surface area contributed by atoms with Crippen LogP contribution in [0.1, 0.15) is 25.3 Å². The van der Waals surface area contributed by atoms with Gasteiger partial charge in [0, 0.05) is 75.5 Å². The third kappa shape index (κ3) is 5.36. The lowest BCUT2D eigenvalue weighted by atomic mass is 10.1. The largest absolute Gasteiger partial charge is 0.463 e. The van der Waals surface area contributed by atoms with E-state index in [0.29, 0.717) is 50.2 Å². The first-order valence-corrected chi connectivity index (χ1v) is 11.2. The maximum absolute atomic E-state index is 13.1. The Balaban J connectivity index is 1.36. The molecule has 0 aliphatic carbocycles. The van der Waals surface area contributed by atoms with Gasteiger partial charge in [0.1, 0.15) is 5.75 Å². The number of morpholine rings is 1. The summed E-state index contributed by atoms with van der Waals surface area (Å²) in [6.45, 7) is 5.86. The molecule has 0 aromatic heterocycles. The number of hydroxylamine groups is 2. The number of piperazine rings is 1. The van der Waals surface area contributed by atoms with E-state index >= 15 is 0 Å². The van der Waals surface area contributed by atoms with Crippen molar-refractivity contribution >= 4 is 23.6 Å². The normalized spacial score (nSPS) is 22.1. The van der Waals surface area contributed by atoms with Crippen LogP contribution in [0.15, 0.2) is 18.2 Å². The predicted octanol–water partition coefficient (Wildman–Crippen LogP) is 1.54. The van der Waals surface area contributed by atoms with Crippen LogP contribution in [-0.4, -0.2) is 91.6 Å². The van der Waals surface area contributed by atoms with Crippen molar-refractivity contribution in [1.29, 1.82) is 0 Å². The van der Waals surface area contributed by atoms with Crippen molar-refractivity contribution < 1.29 is 33.1 Å². The fourth-order valence-electron chi connectivity index (χ4n) is 4.36. The van der Waals surface area contributed by atoms with Gasteiger partial charge < -0.3 is 24.1 Å². The summed E-state index contributed by atoms with van der Waals surface area (Å²) in [5.74, 6) is -0.497. The summed E-state index contributed by atoms with van der Waals surface area (Å²) in [6.07, 6.45) is -0.589. The number of amides is 3. The summed E-state index contributed by atoms with van der Waals surface area (Å²) in [4.78, 5) is 46.8. The van der Waals surface area contributed by atoms with Gasteiger partial charge in [-0.05, 0) is 13.0 Å². The SMILES string of the molecule is C[C@@H]1CN(Cc2ccc(N3CCOCC3)cc2OCF)CCN1C(=O)ON1C(=O)CCC1=O. The van der Waals surface area contributed by atoms with Crippen molar-refractivity contribution in [2.75, 3.05) is 57.7 Å². The summed E-state index contributed by atoms with van der Waals surface area (Å²) in [5.41, 5.74) is 1.83. The number of rotatable bonds is 6. The Hall–Kier alpha value is -2.92. The minimum Gasteiger partial charge on any atom is -0.463 e. The number of hydrogen-bond acceptors (Lipinski definition) is 8. The van der Waals surface area contributed by atoms with Crippen molar-refractivity contribution in [2.45, 2.75) is 32.4 Å². The van der Waals surface area contributed by atoms with Crippen LogP contribution in [0.5, 0.6) is 5.75 Å². The van der Waals surface area contributed by atoms with Crippen molar-refractivity contribution in [2.24, 2.45) is 0 Å². The van der Waals surface area contributed by atoms with E-state index in [2.05, 4.69) is 9.80 Å². The molecule has 0 N–H and O–H groups in total. The van der Waals surface area contributed by atoms with Crippen LogP contribution in [-0.2, 0) is 25.7 Å². The zero-order chi connectivity index (χ0) is 23.4. The maximum Gasteiger partial charge on any atom is 0.435 e. The quantitative estimate of drug-likeness (QED) is 0.586. The summed E-state index contributed by atoms with van der Waals surface area (Å²) < 4.78 is 23.7. The molecule has 33 heavy (non-hydrogen) atoms. The molecule has 11 heteroatoms. The molecule has 3 aliphatic heterocycles. The number of anilines is 1. The molecule has 0 saturated carbocycles. The first-order valence-electron chi connectivity index (χ1n) is 11.2. The van der Waals surface area contributed by atoms with E-state index in [1.54, 1.807) is 0 Å². The highest BCUT2D eigenvalue weighted by Gasteiger charge is 2.36. The van der Waals surface area contributed by atoms with Crippen molar-refractivity contribution in [1.82, 2.24) is 14.9 Å². The Morgan fingerprint density at radius 2 is 1.85 bits per heavy atom. The summed E-state index contributed by atoms with van der Waals surface area (Å²) in [5, 5.41) is 0.567. The van der Waals surface area contributed by atoms with E-state index in [0.717, 1.165) is 24.3 Å². The Morgan fingerprint density at radius 1 is 1.12 bits per heavy atom. The number of nitrogens with zero attached hydrogens (tertiary/aromatic N) is 4. The Morgan fingerprint density at radius 3 is 2.52 bits per heavy atom. The van der Waals surface area contributed by atoms with Gasteiger partial charge in [-0.15, -0.1) is 5.06 Å². The molecule has 10 nitrogen and oxygen atoms in total. The molecule has 4 rings (SSSR count). The molecule has 3 aliphatic rings. The minimum atomic E-state index is -0.913. The van der Waals surface area contributed by atoms with Gasteiger partial charge in [0.05, 0.1) is 13.2 Å². The van der Waals surface area contributed by atoms with Crippen LogP contribution < -0.4 is 9.64 Å². The zero-order valence-corrected chi connectivity index (χ0v) is 18.7. The minimum absolute atomic E-state index is 0.0586. The summed E-state index contributed by atoms with van der Waals surface area (Å²) >= 11 is 0. The van der Waals surface area contributed by atoms with Crippen LogP contribution in [0.2, 0.25) is 0 Å². The molecule has 3 amide bonds. The highest BCUT2D eigenvalue weighted by molar-refractivity contribution is 6.01. The van der Waals surface area contributed by atoms with Crippen LogP contribution in [0.25, 0.3) is 0 Å². The van der Waals surface area contributed by atoms with Gasteiger partial charge in [0.15, 0.2) is 0 Å². The average Bonchev–Trinajstić information content (AvgIpc) is 3.13. The molecular formula is C22H29FN4O6. The third-order valence-electron chi connectivity index (χ3n) is 6.15. The van der Waals surface area contributed by atoms with Crippen molar-refractivity contribution in [3.8, 4) is 5.75 Å². The number of ether oxygens (including phenoxy) is 2. The number of hydrogen-bond donors (Lipinski definition) is 0. The molecule has 0 bridgehead atoms. The Kier molecular flexibility index (Phi) is 7.29. The van der Waals surface area contributed by atoms with Crippen LogP contribution in [0.3, 0.4) is 0 Å². The van der Waals surface area contributed by atoms with E-state index in [9.17, 15) is 18.8 Å². The molecule has 0 spiro atoms. The molecule has 3 heterocycles. The lowest BCUT2D eigenvalue weighted by molar-refractivity contribution is -0.174. The molecule has 1 aromatic carbocycles. The van der Waals surface area contributed by atoms with Gasteiger partial charge in [0.2, 0.25) is 6.86 Å². The van der Waals surface area contributed by atoms with Crippen LogP contribution in [0.4, 0.5) is 14.9 Å². The monoisotopic (exact) mass is 464 g/mol. The van der Waals surface area contributed by atoms with Gasteiger partial charge in [-0.1, -0.05) is 6.07 Å². The highest BCUT2D eigenvalue weighted by atomic mass is 19.1. The van der Waals surface area contributed by atoms with Crippen molar-refractivity contribution in [3.63, 3.8) is 0 Å². The second kappa shape index (κ2) is 10.3. The zero-order valence-electron chi connectivity index (χ0n) is 18.7. The average molecular weight is 464 g/mol. The number of carbonyl (C=O) groups is 3. The highest BCUT2D eigenvalue weighted by Crippen LogP contribution is 2.28. The molecule has 3 fully saturated rings. The molecule has 180 valence electrons. The third-order valence-corrected chi connectivity index (χ3v) is 6.15. The predicted molar refractivity (Wildman–Crippen MR) is 115 cm³/mol. The van der Waals surface area contributed by atoms with Gasteiger partial charge in [-0.25, -0.2) is 9.18 Å². The van der Waals surface area contributed by atoms with E-state index in [1.807, 2.05) is 25.1 Å². The molecule has 1 aromatic rings. The first kappa shape index (κ1) is 23.2. The smallest absolute Gasteiger partial charge is 0.435 e. The van der Waals surface area contributed by atoms with E-state index < -0.39 is 24.8 Å². The van der Waals surface area contributed by atoms with Crippen molar-refractivity contribution in [3.05, 3.63) is 23.8 Å². The molecule has 3 saturated heterocycles. The second-order valence-corrected chi connectivity index (χ2v) is 8.36. The topological polar surface area (TPSA) is 91.9 Å². The van der Waals surface area contributed by atoms with E-state index in [4.69, 9.17) is 14.3 Å². The van der Waals surface area contributed by atoms with Crippen LogP contribution in [0, 0.1) is 0 Å². The Bertz CT molecular complexity index is 878. The number of benzene rings is 1. The molecule has 1 atom stereocenters. The maximum atomic E-state index is 13.1. The van der Waals surface area contributed by atoms with Crippen LogP contribution >= 0.6 is 0 Å². The number of halogens is 1. The van der Waals surface area contributed by atoms with E-state index in [1.165, 1.54) is 4.90 Å². The molecule has 0 unspecified atom stereocenters. The fourth-order valence-corrected chi connectivity index (χ4v) is 4.36. The first-order chi connectivity index (χ1) is 16.0. The summed E-state index contributed by atoms with van der Waals surface area (Å²) in [6, 6.07) is 5.62. The fraction of sp³-hybridized carbons (Fsp3) is 0.591. The lowest BCUT2D eigenvalue weighted by Crippen LogP contribution is -2.54. The molecular weight excluding hydrogens is 435 g/mol.